The van der Waals surface area contributed by atoms with Gasteiger partial charge in [0.15, 0.2) is 0 Å². The van der Waals surface area contributed by atoms with Crippen molar-refractivity contribution >= 4 is 23.1 Å². The Bertz CT molecular complexity index is 1470. The maximum absolute atomic E-state index is 8.29. The highest BCUT2D eigenvalue weighted by Gasteiger charge is 2.32. The van der Waals surface area contributed by atoms with E-state index in [2.05, 4.69) is 158 Å². The van der Waals surface area contributed by atoms with Gasteiger partial charge in [-0.1, -0.05) is 126 Å². The molecule has 4 fully saturated rings. The van der Waals surface area contributed by atoms with Gasteiger partial charge in [0.2, 0.25) is 0 Å². The van der Waals surface area contributed by atoms with Crippen LogP contribution in [0.1, 0.15) is 224 Å². The summed E-state index contributed by atoms with van der Waals surface area (Å²) in [4.78, 5) is 0. The van der Waals surface area contributed by atoms with Crippen molar-refractivity contribution in [2.45, 2.75) is 272 Å². The molecule has 4 atom stereocenters. The smallest absolute Gasteiger partial charge is 0.335 e. The average Bonchev–Trinajstić information content (AvgIpc) is 4.11. The zero-order chi connectivity index (χ0) is 51.2. The Hall–Kier alpha value is -2.08. The van der Waals surface area contributed by atoms with Crippen LogP contribution in [0.25, 0.3) is 0 Å². The number of benzene rings is 2. The van der Waals surface area contributed by atoms with E-state index in [1.54, 1.807) is 0 Å². The zero-order valence-corrected chi connectivity index (χ0v) is 47.2. The lowest BCUT2D eigenvalue weighted by molar-refractivity contribution is -0.0854. The molecule has 2 aromatic rings. The van der Waals surface area contributed by atoms with Gasteiger partial charge in [0, 0.05) is 0 Å². The van der Waals surface area contributed by atoms with Crippen LogP contribution in [0.5, 0.6) is 0 Å². The van der Waals surface area contributed by atoms with Crippen molar-refractivity contribution in [1.29, 1.82) is 0 Å². The Labute approximate surface area is 424 Å². The summed E-state index contributed by atoms with van der Waals surface area (Å²) in [6.07, 6.45) is 28.3. The minimum atomic E-state index is -0.750. The molecule has 4 aliphatic rings. The van der Waals surface area contributed by atoms with Crippen molar-refractivity contribution < 1.29 is 35.8 Å². The van der Waals surface area contributed by atoms with Gasteiger partial charge in [-0.25, -0.2) is 0 Å². The van der Waals surface area contributed by atoms with Crippen molar-refractivity contribution in [3.63, 3.8) is 0 Å². The first-order valence-corrected chi connectivity index (χ1v) is 27.9. The van der Waals surface area contributed by atoms with Crippen LogP contribution in [0.4, 0.5) is 0 Å². The van der Waals surface area contributed by atoms with Crippen LogP contribution in [0, 0.1) is 23.7 Å². The lowest BCUT2D eigenvalue weighted by Crippen LogP contribution is -2.33. The first-order chi connectivity index (χ1) is 32.0. The highest BCUT2D eigenvalue weighted by atomic mass is 32.1. The summed E-state index contributed by atoms with van der Waals surface area (Å²) in [6.45, 7) is 30.4. The third kappa shape index (κ3) is 31.3. The molecule has 0 N–H and O–H groups in total. The molecule has 0 spiro atoms. The van der Waals surface area contributed by atoms with Gasteiger partial charge in [0.25, 0.3) is 0 Å². The molecule has 0 heterocycles. The number of ether oxygens (including phenoxy) is 4. The predicted octanol–water partition coefficient (Wildman–Crippen LogP) is 15.4. The van der Waals surface area contributed by atoms with E-state index in [4.69, 9.17) is 35.8 Å². The Balaban J connectivity index is 0.000000440. The van der Waals surface area contributed by atoms with E-state index in [1.807, 2.05) is 0 Å². The van der Waals surface area contributed by atoms with Gasteiger partial charge >= 0.3 is 23.1 Å². The van der Waals surface area contributed by atoms with Crippen molar-refractivity contribution in [2.75, 3.05) is 0 Å². The van der Waals surface area contributed by atoms with Gasteiger partial charge in [-0.3, -0.25) is 0 Å². The fourth-order valence-corrected chi connectivity index (χ4v) is 10.5. The minimum absolute atomic E-state index is 0.0310. The lowest BCUT2D eigenvalue weighted by Gasteiger charge is -2.31. The molecule has 68 heavy (non-hydrogen) atoms. The quantitative estimate of drug-likeness (QED) is 0.184. The molecule has 10 heteroatoms. The summed E-state index contributed by atoms with van der Waals surface area (Å²) in [5.41, 5.74) is 2.79. The summed E-state index contributed by atoms with van der Waals surface area (Å²) >= 11 is -1.50. The van der Waals surface area contributed by atoms with Crippen molar-refractivity contribution in [3.05, 3.63) is 71.8 Å². The number of rotatable bonds is 14. The normalized spacial score (nSPS) is 18.9. The van der Waals surface area contributed by atoms with Crippen molar-refractivity contribution in [1.82, 2.24) is 0 Å². The second-order valence-electron chi connectivity index (χ2n) is 23.6. The number of hydrogen-bond acceptors (Lipinski definition) is 8. The predicted molar refractivity (Wildman–Crippen MR) is 285 cm³/mol. The van der Waals surface area contributed by atoms with Crippen LogP contribution in [0.15, 0.2) is 60.7 Å². The lowest BCUT2D eigenvalue weighted by atomic mass is 9.94. The Morgan fingerprint density at radius 1 is 0.382 bits per heavy atom. The van der Waals surface area contributed by atoms with E-state index in [9.17, 15) is 0 Å². The SMILES string of the molecule is CC(C)(C)O[C@@H](Cc1ccccc1)C1CCCC1.CC(C)(C)O[C@H](Cc1ccccc1)C1CCCC1.CC[C@@H](OC(C)(C)C)C1CCCC1.CC[C@H](OC(C)(C)C)C1CCCC1.O=S=O.O=S=O. The molecule has 4 saturated carbocycles. The molecular weight excluding hydrogens is 889 g/mol. The van der Waals surface area contributed by atoms with Crippen LogP contribution in [0.2, 0.25) is 0 Å². The summed E-state index contributed by atoms with van der Waals surface area (Å²) in [7, 11) is 0. The van der Waals surface area contributed by atoms with Gasteiger partial charge < -0.3 is 18.9 Å². The van der Waals surface area contributed by atoms with Crippen LogP contribution in [-0.4, -0.2) is 63.7 Å². The maximum atomic E-state index is 8.29. The first-order valence-electron chi connectivity index (χ1n) is 26.6. The molecule has 6 rings (SSSR count). The van der Waals surface area contributed by atoms with Crippen molar-refractivity contribution in [2.24, 2.45) is 23.7 Å². The van der Waals surface area contributed by atoms with E-state index >= 15 is 0 Å². The molecular formula is C58H100O8S2. The Morgan fingerprint density at radius 3 is 0.765 bits per heavy atom. The standard InChI is InChI=1S/2C17H26O.2C12H24O.2O2S/c2*1-17(2,3)18-16(15-11-7-8-12-15)13-14-9-5-4-6-10-14;2*1-5-11(13-12(2,3)4)10-8-6-7-9-10;2*1-3-2/h2*4-6,9-10,15-16H,7-8,11-13H2,1-3H3;2*10-11H,5-9H2,1-4H3;;/t2*16-;2*11-;;/m1010../s1. The fraction of sp³-hybridized carbons (Fsp3) is 0.793. The van der Waals surface area contributed by atoms with E-state index in [0.717, 1.165) is 36.5 Å². The van der Waals surface area contributed by atoms with E-state index < -0.39 is 23.1 Å². The number of hydrogen-bond donors (Lipinski definition) is 0. The van der Waals surface area contributed by atoms with Crippen LogP contribution < -0.4 is 0 Å². The van der Waals surface area contributed by atoms with Crippen LogP contribution >= 0.6 is 0 Å². The fourth-order valence-electron chi connectivity index (χ4n) is 10.5. The molecule has 0 radical (unpaired) electrons. The molecule has 0 aromatic heterocycles. The molecule has 0 amide bonds. The zero-order valence-electron chi connectivity index (χ0n) is 45.6. The molecule has 4 aliphatic carbocycles. The van der Waals surface area contributed by atoms with E-state index in [-0.39, 0.29) is 22.4 Å². The van der Waals surface area contributed by atoms with Crippen LogP contribution in [-0.2, 0) is 54.9 Å². The molecule has 0 saturated heterocycles. The Kier molecular flexibility index (Phi) is 32.3. The minimum Gasteiger partial charge on any atom is -0.372 e. The van der Waals surface area contributed by atoms with Crippen LogP contribution in [0.3, 0.4) is 0 Å². The van der Waals surface area contributed by atoms with Gasteiger partial charge in [-0.05, 0) is 195 Å². The highest BCUT2D eigenvalue weighted by Crippen LogP contribution is 2.36. The monoisotopic (exact) mass is 989 g/mol. The highest BCUT2D eigenvalue weighted by molar-refractivity contribution is 7.51. The molecule has 0 aliphatic heterocycles. The van der Waals surface area contributed by atoms with E-state index in [1.165, 1.54) is 127 Å². The second-order valence-corrected chi connectivity index (χ2v) is 23.9. The summed E-state index contributed by atoms with van der Waals surface area (Å²) in [5.74, 6) is 3.18. The Morgan fingerprint density at radius 2 is 0.574 bits per heavy atom. The van der Waals surface area contributed by atoms with Gasteiger partial charge in [-0.2, -0.15) is 16.8 Å². The van der Waals surface area contributed by atoms with Gasteiger partial charge in [0.1, 0.15) is 0 Å². The molecule has 0 unspecified atom stereocenters. The first kappa shape index (κ1) is 63.9. The third-order valence-corrected chi connectivity index (χ3v) is 13.1. The van der Waals surface area contributed by atoms with Gasteiger partial charge in [-0.15, -0.1) is 0 Å². The summed E-state index contributed by atoms with van der Waals surface area (Å²) in [6, 6.07) is 21.5. The summed E-state index contributed by atoms with van der Waals surface area (Å²) < 4.78 is 58.0. The molecule has 392 valence electrons. The molecule has 2 aromatic carbocycles. The van der Waals surface area contributed by atoms with E-state index in [0.29, 0.717) is 24.4 Å². The second kappa shape index (κ2) is 34.3. The maximum Gasteiger partial charge on any atom is 0.335 e. The van der Waals surface area contributed by atoms with Crippen molar-refractivity contribution in [3.8, 4) is 0 Å². The molecule has 0 bridgehead atoms. The van der Waals surface area contributed by atoms with Gasteiger partial charge in [0.05, 0.1) is 46.8 Å². The topological polar surface area (TPSA) is 105 Å². The average molecular weight is 990 g/mol. The summed E-state index contributed by atoms with van der Waals surface area (Å²) in [5, 5.41) is 0. The third-order valence-electron chi connectivity index (χ3n) is 13.1. The largest absolute Gasteiger partial charge is 0.372 e. The molecule has 8 nitrogen and oxygen atoms in total.